The number of nitrogens with zero attached hydrogens (tertiary/aromatic N) is 2. The van der Waals surface area contributed by atoms with Crippen molar-refractivity contribution >= 4 is 22.4 Å². The van der Waals surface area contributed by atoms with Gasteiger partial charge in [0.15, 0.2) is 0 Å². The Morgan fingerprint density at radius 3 is 2.71 bits per heavy atom. The second-order valence-corrected chi connectivity index (χ2v) is 6.82. The van der Waals surface area contributed by atoms with Crippen molar-refractivity contribution in [2.24, 2.45) is 0 Å². The third-order valence-corrected chi connectivity index (χ3v) is 4.16. The molecule has 0 aliphatic rings. The predicted molar refractivity (Wildman–Crippen MR) is 95.7 cm³/mol. The topological polar surface area (TPSA) is 64.0 Å². The van der Waals surface area contributed by atoms with Crippen molar-refractivity contribution in [1.29, 1.82) is 0 Å². The van der Waals surface area contributed by atoms with E-state index in [2.05, 4.69) is 10.4 Å². The standard InChI is InChI=1S/C18H17N3O2S/c1-24(23)13-14-6-5-7-16(10-14)20-18(22)15-11-19-21(12-15)17-8-3-2-4-9-17/h2-12H,13H2,1H3,(H,20,22)/t24-/m1/s1. The molecule has 122 valence electrons. The summed E-state index contributed by atoms with van der Waals surface area (Å²) in [6, 6.07) is 17.0. The summed E-state index contributed by atoms with van der Waals surface area (Å²) in [7, 11) is -0.917. The molecule has 0 unspecified atom stereocenters. The van der Waals surface area contributed by atoms with Gasteiger partial charge in [-0.15, -0.1) is 0 Å². The molecule has 3 rings (SSSR count). The molecule has 1 amide bonds. The molecule has 1 N–H and O–H groups in total. The van der Waals surface area contributed by atoms with Crippen molar-refractivity contribution in [3.05, 3.63) is 78.1 Å². The minimum Gasteiger partial charge on any atom is -0.322 e. The summed E-state index contributed by atoms with van der Waals surface area (Å²) in [6.07, 6.45) is 4.88. The molecule has 0 saturated heterocycles. The molecular weight excluding hydrogens is 322 g/mol. The molecule has 24 heavy (non-hydrogen) atoms. The van der Waals surface area contributed by atoms with Gasteiger partial charge in [0.1, 0.15) is 0 Å². The highest BCUT2D eigenvalue weighted by Gasteiger charge is 2.10. The zero-order chi connectivity index (χ0) is 16.9. The Morgan fingerprint density at radius 2 is 1.96 bits per heavy atom. The van der Waals surface area contributed by atoms with Crippen LogP contribution < -0.4 is 5.32 Å². The summed E-state index contributed by atoms with van der Waals surface area (Å²) >= 11 is 0. The van der Waals surface area contributed by atoms with Crippen molar-refractivity contribution in [3.63, 3.8) is 0 Å². The number of anilines is 1. The van der Waals surface area contributed by atoms with Crippen LogP contribution >= 0.6 is 0 Å². The molecule has 6 heteroatoms. The van der Waals surface area contributed by atoms with Crippen molar-refractivity contribution in [1.82, 2.24) is 9.78 Å². The van der Waals surface area contributed by atoms with Crippen LogP contribution in [0.15, 0.2) is 67.0 Å². The van der Waals surface area contributed by atoms with Gasteiger partial charge in [0.25, 0.3) is 5.91 Å². The van der Waals surface area contributed by atoms with E-state index in [9.17, 15) is 9.00 Å². The van der Waals surface area contributed by atoms with Gasteiger partial charge in [0.05, 0.1) is 17.4 Å². The predicted octanol–water partition coefficient (Wildman–Crippen LogP) is 3.00. The lowest BCUT2D eigenvalue weighted by Gasteiger charge is -2.06. The van der Waals surface area contributed by atoms with E-state index in [1.807, 2.05) is 54.6 Å². The van der Waals surface area contributed by atoms with Crippen LogP contribution in [0.5, 0.6) is 0 Å². The maximum absolute atomic E-state index is 12.4. The molecule has 0 bridgehead atoms. The number of carbonyl (C=O) groups excluding carboxylic acids is 1. The zero-order valence-corrected chi connectivity index (χ0v) is 14.0. The van der Waals surface area contributed by atoms with Crippen LogP contribution in [0.25, 0.3) is 5.69 Å². The SMILES string of the molecule is C[S@@](=O)Cc1cccc(NC(=O)c2cnn(-c3ccccc3)c2)c1. The third-order valence-electron chi connectivity index (χ3n) is 3.42. The maximum atomic E-state index is 12.4. The molecule has 0 aliphatic carbocycles. The normalized spacial score (nSPS) is 11.9. The molecule has 1 aromatic heterocycles. The number of benzene rings is 2. The van der Waals surface area contributed by atoms with Gasteiger partial charge in [0, 0.05) is 34.7 Å². The summed E-state index contributed by atoms with van der Waals surface area (Å²) in [5, 5.41) is 7.07. The molecule has 0 saturated carbocycles. The first-order valence-corrected chi connectivity index (χ1v) is 9.15. The van der Waals surface area contributed by atoms with Gasteiger partial charge in [-0.1, -0.05) is 30.3 Å². The summed E-state index contributed by atoms with van der Waals surface area (Å²) in [5.41, 5.74) is 2.97. The molecular formula is C18H17N3O2S. The van der Waals surface area contributed by atoms with Crippen LogP contribution in [-0.2, 0) is 16.6 Å². The smallest absolute Gasteiger partial charge is 0.258 e. The highest BCUT2D eigenvalue weighted by Crippen LogP contribution is 2.14. The zero-order valence-electron chi connectivity index (χ0n) is 13.2. The summed E-state index contributed by atoms with van der Waals surface area (Å²) in [6.45, 7) is 0. The van der Waals surface area contributed by atoms with E-state index in [0.717, 1.165) is 11.3 Å². The van der Waals surface area contributed by atoms with Gasteiger partial charge < -0.3 is 5.32 Å². The fourth-order valence-corrected chi connectivity index (χ4v) is 2.99. The first kappa shape index (κ1) is 16.1. The lowest BCUT2D eigenvalue weighted by molar-refractivity contribution is 0.102. The van der Waals surface area contributed by atoms with E-state index in [4.69, 9.17) is 0 Å². The molecule has 2 aromatic carbocycles. The number of nitrogens with one attached hydrogen (secondary N) is 1. The molecule has 3 aromatic rings. The van der Waals surface area contributed by atoms with Crippen LogP contribution in [0.3, 0.4) is 0 Å². The van der Waals surface area contributed by atoms with Crippen molar-refractivity contribution < 1.29 is 9.00 Å². The molecule has 0 radical (unpaired) electrons. The number of carbonyl (C=O) groups is 1. The van der Waals surface area contributed by atoms with Gasteiger partial charge >= 0.3 is 0 Å². The van der Waals surface area contributed by atoms with Gasteiger partial charge in [-0.3, -0.25) is 9.00 Å². The summed E-state index contributed by atoms with van der Waals surface area (Å²) < 4.78 is 13.0. The Morgan fingerprint density at radius 1 is 1.17 bits per heavy atom. The number of amides is 1. The first-order chi connectivity index (χ1) is 11.6. The van der Waals surface area contributed by atoms with Crippen LogP contribution in [0, 0.1) is 0 Å². The lowest BCUT2D eigenvalue weighted by atomic mass is 10.2. The number of aromatic nitrogens is 2. The monoisotopic (exact) mass is 339 g/mol. The maximum Gasteiger partial charge on any atom is 0.258 e. The van der Waals surface area contributed by atoms with E-state index in [1.54, 1.807) is 17.1 Å². The quantitative estimate of drug-likeness (QED) is 0.777. The average molecular weight is 339 g/mol. The van der Waals surface area contributed by atoms with Crippen LogP contribution in [0.2, 0.25) is 0 Å². The Hall–Kier alpha value is -2.73. The summed E-state index contributed by atoms with van der Waals surface area (Å²) in [5.74, 6) is 0.238. The minimum absolute atomic E-state index is 0.230. The van der Waals surface area contributed by atoms with Gasteiger partial charge in [0.2, 0.25) is 0 Å². The van der Waals surface area contributed by atoms with Gasteiger partial charge in [-0.25, -0.2) is 4.68 Å². The number of rotatable bonds is 5. The number of hydrogen-bond donors (Lipinski definition) is 1. The molecule has 5 nitrogen and oxygen atoms in total. The number of hydrogen-bond acceptors (Lipinski definition) is 3. The van der Waals surface area contributed by atoms with E-state index in [0.29, 0.717) is 17.0 Å². The third kappa shape index (κ3) is 3.97. The summed E-state index contributed by atoms with van der Waals surface area (Å²) in [4.78, 5) is 12.4. The Bertz CT molecular complexity index is 875. The second kappa shape index (κ2) is 7.23. The highest BCUT2D eigenvalue weighted by molar-refractivity contribution is 7.83. The van der Waals surface area contributed by atoms with E-state index in [1.165, 1.54) is 6.20 Å². The van der Waals surface area contributed by atoms with E-state index >= 15 is 0 Å². The highest BCUT2D eigenvalue weighted by atomic mass is 32.2. The van der Waals surface area contributed by atoms with E-state index in [-0.39, 0.29) is 5.91 Å². The average Bonchev–Trinajstić information content (AvgIpc) is 3.05. The van der Waals surface area contributed by atoms with Gasteiger partial charge in [-0.05, 0) is 29.8 Å². The Balaban J connectivity index is 1.74. The molecule has 0 spiro atoms. The van der Waals surface area contributed by atoms with Crippen molar-refractivity contribution in [2.75, 3.05) is 11.6 Å². The Kier molecular flexibility index (Phi) is 4.86. The van der Waals surface area contributed by atoms with Crippen LogP contribution in [0.1, 0.15) is 15.9 Å². The lowest BCUT2D eigenvalue weighted by Crippen LogP contribution is -2.11. The fraction of sp³-hybridized carbons (Fsp3) is 0.111. The fourth-order valence-electron chi connectivity index (χ4n) is 2.34. The molecule has 1 atom stereocenters. The number of para-hydroxylation sites is 1. The van der Waals surface area contributed by atoms with Gasteiger partial charge in [-0.2, -0.15) is 5.10 Å². The van der Waals surface area contributed by atoms with Crippen molar-refractivity contribution in [3.8, 4) is 5.69 Å². The largest absolute Gasteiger partial charge is 0.322 e. The Labute approximate surface area is 142 Å². The van der Waals surface area contributed by atoms with Crippen LogP contribution in [-0.4, -0.2) is 26.2 Å². The first-order valence-electron chi connectivity index (χ1n) is 7.42. The minimum atomic E-state index is -0.917. The van der Waals surface area contributed by atoms with Crippen LogP contribution in [0.4, 0.5) is 5.69 Å². The molecule has 0 aliphatic heterocycles. The second-order valence-electron chi connectivity index (χ2n) is 5.38. The molecule has 1 heterocycles. The van der Waals surface area contributed by atoms with Crippen molar-refractivity contribution in [2.45, 2.75) is 5.75 Å². The van der Waals surface area contributed by atoms with E-state index < -0.39 is 10.8 Å². The molecule has 0 fully saturated rings.